The Labute approximate surface area is 135 Å². The van der Waals surface area contributed by atoms with Gasteiger partial charge in [-0.1, -0.05) is 66.5 Å². The second kappa shape index (κ2) is 6.71. The second-order valence-corrected chi connectivity index (χ2v) is 6.08. The van der Waals surface area contributed by atoms with Crippen LogP contribution < -0.4 is 4.42 Å². The van der Waals surface area contributed by atoms with Crippen LogP contribution in [0.4, 0.5) is 5.69 Å². The normalized spacial score (nSPS) is 12.2. The van der Waals surface area contributed by atoms with Crippen molar-refractivity contribution in [3.63, 3.8) is 0 Å². The minimum Gasteiger partial charge on any atom is -0.282 e. The van der Waals surface area contributed by atoms with Crippen molar-refractivity contribution in [1.82, 2.24) is 0 Å². The number of aryl methyl sites for hydroxylation is 1. The molecule has 1 atom stereocenters. The highest BCUT2D eigenvalue weighted by Gasteiger charge is 2.17. The van der Waals surface area contributed by atoms with E-state index in [9.17, 15) is 0 Å². The zero-order valence-electron chi connectivity index (χ0n) is 11.4. The lowest BCUT2D eigenvalue weighted by atomic mass is 10.0. The third kappa shape index (κ3) is 3.41. The summed E-state index contributed by atoms with van der Waals surface area (Å²) in [5.41, 5.74) is 2.87. The molecule has 0 radical (unpaired) electrons. The van der Waals surface area contributed by atoms with E-state index < -0.39 is 0 Å². The molecule has 0 N–H and O–H groups in total. The lowest BCUT2D eigenvalue weighted by Crippen LogP contribution is -2.18. The third-order valence-corrected chi connectivity index (χ3v) is 4.39. The highest BCUT2D eigenvalue weighted by molar-refractivity contribution is 6.42. The summed E-state index contributed by atoms with van der Waals surface area (Å²) < 4.78 is 1.61. The first-order chi connectivity index (χ1) is 9.50. The van der Waals surface area contributed by atoms with Gasteiger partial charge in [-0.05, 0) is 24.1 Å². The molecule has 0 saturated heterocycles. The van der Waals surface area contributed by atoms with Gasteiger partial charge in [-0.25, -0.2) is 0 Å². The molecule has 0 aliphatic heterocycles. The average Bonchev–Trinajstić information content (AvgIpc) is 2.44. The van der Waals surface area contributed by atoms with Gasteiger partial charge in [0.1, 0.15) is 0 Å². The zero-order valence-corrected chi connectivity index (χ0v) is 13.7. The summed E-state index contributed by atoms with van der Waals surface area (Å²) in [6.07, 6.45) is 0. The van der Waals surface area contributed by atoms with Crippen molar-refractivity contribution < 1.29 is 0 Å². The van der Waals surface area contributed by atoms with E-state index in [0.717, 1.165) is 5.56 Å². The van der Waals surface area contributed by atoms with E-state index in [1.807, 2.05) is 37.3 Å². The summed E-state index contributed by atoms with van der Waals surface area (Å²) >= 11 is 18.9. The molecule has 2 aromatic rings. The lowest BCUT2D eigenvalue weighted by Gasteiger charge is -2.23. The van der Waals surface area contributed by atoms with Crippen molar-refractivity contribution in [2.45, 2.75) is 19.8 Å². The van der Waals surface area contributed by atoms with E-state index in [4.69, 9.17) is 35.0 Å². The summed E-state index contributed by atoms with van der Waals surface area (Å²) in [6.45, 7) is 4.70. The molecule has 0 aliphatic carbocycles. The number of benzene rings is 2. The molecule has 106 valence electrons. The first-order valence-corrected chi connectivity index (χ1v) is 7.53. The van der Waals surface area contributed by atoms with Gasteiger partial charge in [0.2, 0.25) is 0 Å². The van der Waals surface area contributed by atoms with Gasteiger partial charge in [-0.3, -0.25) is 4.42 Å². The summed E-state index contributed by atoms with van der Waals surface area (Å²) in [7, 11) is 0. The highest BCUT2D eigenvalue weighted by atomic mass is 35.5. The molecule has 0 heterocycles. The van der Waals surface area contributed by atoms with Gasteiger partial charge in [0.25, 0.3) is 0 Å². The van der Waals surface area contributed by atoms with Crippen LogP contribution in [0.15, 0.2) is 42.5 Å². The predicted octanol–water partition coefficient (Wildman–Crippen LogP) is 6.07. The Hall–Kier alpha value is -0.890. The predicted molar refractivity (Wildman–Crippen MR) is 89.3 cm³/mol. The van der Waals surface area contributed by atoms with Crippen molar-refractivity contribution in [3.05, 3.63) is 63.6 Å². The van der Waals surface area contributed by atoms with E-state index in [1.165, 1.54) is 5.56 Å². The van der Waals surface area contributed by atoms with Crippen LogP contribution >= 0.6 is 35.0 Å². The number of hydrogen-bond acceptors (Lipinski definition) is 1. The van der Waals surface area contributed by atoms with Crippen molar-refractivity contribution >= 4 is 40.7 Å². The van der Waals surface area contributed by atoms with Gasteiger partial charge < -0.3 is 0 Å². The monoisotopic (exact) mass is 327 g/mol. The molecule has 0 aromatic heterocycles. The Morgan fingerprint density at radius 3 is 2.35 bits per heavy atom. The lowest BCUT2D eigenvalue weighted by molar-refractivity contribution is 0.773. The molecular formula is C16H16Cl3N. The molecule has 20 heavy (non-hydrogen) atoms. The molecule has 2 aromatic carbocycles. The zero-order chi connectivity index (χ0) is 14.7. The molecule has 2 rings (SSSR count). The number of hydrogen-bond donors (Lipinski definition) is 0. The van der Waals surface area contributed by atoms with Gasteiger partial charge in [0, 0.05) is 24.2 Å². The van der Waals surface area contributed by atoms with Gasteiger partial charge in [-0.2, -0.15) is 0 Å². The van der Waals surface area contributed by atoms with Crippen LogP contribution in [-0.4, -0.2) is 6.54 Å². The molecule has 1 nitrogen and oxygen atoms in total. The van der Waals surface area contributed by atoms with Crippen LogP contribution in [0, 0.1) is 6.92 Å². The van der Waals surface area contributed by atoms with Crippen molar-refractivity contribution in [3.8, 4) is 0 Å². The van der Waals surface area contributed by atoms with Gasteiger partial charge in [0.15, 0.2) is 0 Å². The molecule has 4 heteroatoms. The Bertz CT molecular complexity index is 584. The van der Waals surface area contributed by atoms with Gasteiger partial charge >= 0.3 is 0 Å². The standard InChI is InChI=1S/C16H16Cl3N/c1-11-8-9-14(17)16(15(11)18)20(19)10-12(2)13-6-4-3-5-7-13/h3-9,12H,10H2,1-2H3. The maximum atomic E-state index is 6.40. The average molecular weight is 329 g/mol. The minimum atomic E-state index is 0.279. The number of anilines is 1. The third-order valence-electron chi connectivity index (χ3n) is 3.31. The number of halogens is 3. The van der Waals surface area contributed by atoms with E-state index in [2.05, 4.69) is 19.1 Å². The van der Waals surface area contributed by atoms with Gasteiger partial charge in [0.05, 0.1) is 15.7 Å². The Kier molecular flexibility index (Phi) is 5.20. The molecule has 0 bridgehead atoms. The van der Waals surface area contributed by atoms with E-state index >= 15 is 0 Å². The molecule has 0 saturated carbocycles. The topological polar surface area (TPSA) is 3.24 Å². The van der Waals surface area contributed by atoms with E-state index in [1.54, 1.807) is 4.42 Å². The molecule has 0 aliphatic rings. The molecule has 0 amide bonds. The Morgan fingerprint density at radius 2 is 1.70 bits per heavy atom. The molecular weight excluding hydrogens is 313 g/mol. The Morgan fingerprint density at radius 1 is 1.05 bits per heavy atom. The van der Waals surface area contributed by atoms with E-state index in [-0.39, 0.29) is 5.92 Å². The smallest absolute Gasteiger partial charge is 0.0898 e. The minimum absolute atomic E-state index is 0.279. The summed E-state index contributed by atoms with van der Waals surface area (Å²) in [4.78, 5) is 0. The van der Waals surface area contributed by atoms with Crippen LogP contribution in [0.2, 0.25) is 10.0 Å². The number of rotatable bonds is 4. The fraction of sp³-hybridized carbons (Fsp3) is 0.250. The summed E-state index contributed by atoms with van der Waals surface area (Å²) in [5.74, 6) is 0.279. The largest absolute Gasteiger partial charge is 0.282 e. The van der Waals surface area contributed by atoms with Crippen LogP contribution in [-0.2, 0) is 0 Å². The number of nitrogens with zero attached hydrogens (tertiary/aromatic N) is 1. The molecule has 0 spiro atoms. The quantitative estimate of drug-likeness (QED) is 0.616. The van der Waals surface area contributed by atoms with Crippen LogP contribution in [0.25, 0.3) is 0 Å². The second-order valence-electron chi connectivity index (χ2n) is 4.88. The SMILES string of the molecule is Cc1ccc(Cl)c(N(Cl)CC(C)c2ccccc2)c1Cl. The van der Waals surface area contributed by atoms with Crippen molar-refractivity contribution in [2.75, 3.05) is 11.0 Å². The van der Waals surface area contributed by atoms with Crippen LogP contribution in [0.1, 0.15) is 24.0 Å². The van der Waals surface area contributed by atoms with Gasteiger partial charge in [-0.15, -0.1) is 0 Å². The van der Waals surface area contributed by atoms with Crippen LogP contribution in [0.5, 0.6) is 0 Å². The summed E-state index contributed by atoms with van der Waals surface area (Å²) in [6, 6.07) is 13.9. The van der Waals surface area contributed by atoms with Crippen molar-refractivity contribution in [2.24, 2.45) is 0 Å². The Balaban J connectivity index is 2.21. The maximum Gasteiger partial charge on any atom is 0.0898 e. The fourth-order valence-electron chi connectivity index (χ4n) is 2.08. The van der Waals surface area contributed by atoms with Crippen LogP contribution in [0.3, 0.4) is 0 Å². The van der Waals surface area contributed by atoms with Crippen molar-refractivity contribution in [1.29, 1.82) is 0 Å². The first kappa shape index (κ1) is 15.5. The fourth-order valence-corrected chi connectivity index (χ4v) is 3.13. The highest BCUT2D eigenvalue weighted by Crippen LogP contribution is 2.38. The first-order valence-electron chi connectivity index (χ1n) is 6.43. The maximum absolute atomic E-state index is 6.40. The summed E-state index contributed by atoms with van der Waals surface area (Å²) in [5, 5.41) is 1.17. The van der Waals surface area contributed by atoms with E-state index in [0.29, 0.717) is 22.3 Å². The molecule has 1 unspecified atom stereocenters. The molecule has 0 fully saturated rings.